The van der Waals surface area contributed by atoms with Crippen LogP contribution in [0.1, 0.15) is 18.4 Å². The minimum absolute atomic E-state index is 0.427. The number of benzene rings is 1. The maximum atomic E-state index is 5.51. The van der Waals surface area contributed by atoms with Gasteiger partial charge in [0.1, 0.15) is 5.84 Å². The number of nitrogens with two attached hydrogens (primary N) is 1. The molecule has 0 atom stereocenters. The molecule has 1 aliphatic rings. The summed E-state index contributed by atoms with van der Waals surface area (Å²) >= 11 is 0. The van der Waals surface area contributed by atoms with Crippen molar-refractivity contribution in [2.45, 2.75) is 18.9 Å². The molecular formula is C13H15N5. The van der Waals surface area contributed by atoms with Gasteiger partial charge in [-0.3, -0.25) is 4.99 Å². The van der Waals surface area contributed by atoms with E-state index >= 15 is 0 Å². The molecule has 0 radical (unpaired) electrons. The Morgan fingerprint density at radius 3 is 2.78 bits per heavy atom. The van der Waals surface area contributed by atoms with E-state index in [4.69, 9.17) is 5.84 Å². The van der Waals surface area contributed by atoms with Gasteiger partial charge in [-0.2, -0.15) is 5.10 Å². The van der Waals surface area contributed by atoms with E-state index in [-0.39, 0.29) is 0 Å². The number of hydrogen-bond donors (Lipinski definition) is 2. The maximum absolute atomic E-state index is 5.51. The molecule has 1 aromatic heterocycles. The van der Waals surface area contributed by atoms with E-state index in [0.29, 0.717) is 11.9 Å². The second-order valence-corrected chi connectivity index (χ2v) is 4.36. The van der Waals surface area contributed by atoms with E-state index < -0.39 is 0 Å². The predicted octanol–water partition coefficient (Wildman–Crippen LogP) is 1.24. The fourth-order valence-corrected chi connectivity index (χ4v) is 1.75. The molecule has 92 valence electrons. The lowest BCUT2D eigenvalue weighted by Gasteiger charge is -2.02. The van der Waals surface area contributed by atoms with Gasteiger partial charge in [-0.1, -0.05) is 18.2 Å². The number of hydrazine groups is 1. The topological polar surface area (TPSA) is 68.2 Å². The highest BCUT2D eigenvalue weighted by molar-refractivity contribution is 5.98. The molecule has 18 heavy (non-hydrogen) atoms. The molecule has 0 spiro atoms. The van der Waals surface area contributed by atoms with Crippen LogP contribution in [0.3, 0.4) is 0 Å². The number of amidine groups is 1. The van der Waals surface area contributed by atoms with Gasteiger partial charge in [0, 0.05) is 6.20 Å². The lowest BCUT2D eigenvalue weighted by Crippen LogP contribution is -2.31. The van der Waals surface area contributed by atoms with Gasteiger partial charge in [-0.25, -0.2) is 10.5 Å². The van der Waals surface area contributed by atoms with Crippen LogP contribution in [0.2, 0.25) is 0 Å². The Balaban J connectivity index is 1.89. The number of hydrogen-bond acceptors (Lipinski definition) is 3. The second-order valence-electron chi connectivity index (χ2n) is 4.36. The molecule has 3 N–H and O–H groups in total. The summed E-state index contributed by atoms with van der Waals surface area (Å²) in [5.41, 5.74) is 4.58. The summed E-state index contributed by atoms with van der Waals surface area (Å²) in [6.45, 7) is 0. The van der Waals surface area contributed by atoms with Gasteiger partial charge in [-0.05, 0) is 25.0 Å². The standard InChI is InChI=1S/C13H15N5/c14-17-13(16-11-6-7-11)10-8-15-18(9-10)12-4-2-1-3-5-12/h1-5,8-9,11H,6-7,14H2,(H,16,17). The number of rotatable bonds is 3. The molecule has 0 bridgehead atoms. The highest BCUT2D eigenvalue weighted by Crippen LogP contribution is 2.24. The molecule has 1 fully saturated rings. The van der Waals surface area contributed by atoms with Crippen molar-refractivity contribution in [2.24, 2.45) is 10.8 Å². The van der Waals surface area contributed by atoms with Gasteiger partial charge in [0.15, 0.2) is 0 Å². The van der Waals surface area contributed by atoms with Crippen LogP contribution in [-0.2, 0) is 0 Å². The van der Waals surface area contributed by atoms with Gasteiger partial charge in [-0.15, -0.1) is 0 Å². The van der Waals surface area contributed by atoms with Crippen molar-refractivity contribution in [1.29, 1.82) is 0 Å². The number of nitrogens with zero attached hydrogens (tertiary/aromatic N) is 3. The number of aliphatic imine (C=N–C) groups is 1. The van der Waals surface area contributed by atoms with Crippen LogP contribution in [0.15, 0.2) is 47.7 Å². The molecule has 5 heteroatoms. The van der Waals surface area contributed by atoms with E-state index in [1.54, 1.807) is 6.20 Å². The van der Waals surface area contributed by atoms with Gasteiger partial charge in [0.05, 0.1) is 23.5 Å². The van der Waals surface area contributed by atoms with Crippen LogP contribution in [0.25, 0.3) is 5.69 Å². The monoisotopic (exact) mass is 241 g/mol. The number of aromatic nitrogens is 2. The smallest absolute Gasteiger partial charge is 0.146 e. The molecule has 0 unspecified atom stereocenters. The lowest BCUT2D eigenvalue weighted by molar-refractivity contribution is 0.880. The first kappa shape index (κ1) is 11.0. The van der Waals surface area contributed by atoms with Crippen molar-refractivity contribution < 1.29 is 0 Å². The van der Waals surface area contributed by atoms with Gasteiger partial charge < -0.3 is 5.43 Å². The summed E-state index contributed by atoms with van der Waals surface area (Å²) in [7, 11) is 0. The summed E-state index contributed by atoms with van der Waals surface area (Å²) in [6.07, 6.45) is 6.00. The maximum Gasteiger partial charge on any atom is 0.146 e. The SMILES string of the molecule is NNC(=NC1CC1)c1cnn(-c2ccccc2)c1. The quantitative estimate of drug-likeness (QED) is 0.368. The zero-order chi connectivity index (χ0) is 12.4. The van der Waals surface area contributed by atoms with Crippen LogP contribution in [0.5, 0.6) is 0 Å². The molecule has 1 saturated carbocycles. The van der Waals surface area contributed by atoms with Gasteiger partial charge in [0.25, 0.3) is 0 Å². The van der Waals surface area contributed by atoms with Crippen LogP contribution in [-0.4, -0.2) is 21.7 Å². The third-order valence-electron chi connectivity index (χ3n) is 2.87. The third kappa shape index (κ3) is 2.26. The summed E-state index contributed by atoms with van der Waals surface area (Å²) in [4.78, 5) is 4.51. The molecule has 0 aliphatic heterocycles. The summed E-state index contributed by atoms with van der Waals surface area (Å²) in [5.74, 6) is 6.22. The largest absolute Gasteiger partial charge is 0.308 e. The summed E-state index contributed by atoms with van der Waals surface area (Å²) in [5, 5.41) is 4.32. The molecule has 3 rings (SSSR count). The number of para-hydroxylation sites is 1. The third-order valence-corrected chi connectivity index (χ3v) is 2.87. The molecular weight excluding hydrogens is 226 g/mol. The van der Waals surface area contributed by atoms with E-state index in [1.165, 1.54) is 0 Å². The second kappa shape index (κ2) is 4.62. The van der Waals surface area contributed by atoms with E-state index in [1.807, 2.05) is 41.2 Å². The first-order valence-electron chi connectivity index (χ1n) is 6.02. The van der Waals surface area contributed by atoms with Crippen LogP contribution in [0.4, 0.5) is 0 Å². The Kier molecular flexibility index (Phi) is 2.82. The molecule has 0 amide bonds. The van der Waals surface area contributed by atoms with Crippen molar-refractivity contribution in [2.75, 3.05) is 0 Å². The minimum atomic E-state index is 0.427. The van der Waals surface area contributed by atoms with Gasteiger partial charge >= 0.3 is 0 Å². The summed E-state index contributed by atoms with van der Waals surface area (Å²) < 4.78 is 1.81. The van der Waals surface area contributed by atoms with Gasteiger partial charge in [0.2, 0.25) is 0 Å². The Bertz CT molecular complexity index is 554. The first-order chi connectivity index (χ1) is 8.86. The Hall–Kier alpha value is -2.14. The number of nitrogens with one attached hydrogen (secondary N) is 1. The average molecular weight is 241 g/mol. The van der Waals surface area contributed by atoms with Crippen molar-refractivity contribution in [1.82, 2.24) is 15.2 Å². The Labute approximate surface area is 105 Å². The van der Waals surface area contributed by atoms with Crippen molar-refractivity contribution in [3.63, 3.8) is 0 Å². The van der Waals surface area contributed by atoms with E-state index in [0.717, 1.165) is 24.1 Å². The van der Waals surface area contributed by atoms with E-state index in [9.17, 15) is 0 Å². The van der Waals surface area contributed by atoms with E-state index in [2.05, 4.69) is 15.5 Å². The lowest BCUT2D eigenvalue weighted by atomic mass is 10.3. The normalized spacial score (nSPS) is 15.7. The highest BCUT2D eigenvalue weighted by atomic mass is 15.3. The fourth-order valence-electron chi connectivity index (χ4n) is 1.75. The Morgan fingerprint density at radius 1 is 1.33 bits per heavy atom. The van der Waals surface area contributed by atoms with Crippen molar-refractivity contribution in [3.05, 3.63) is 48.3 Å². The van der Waals surface area contributed by atoms with Crippen LogP contribution in [0, 0.1) is 0 Å². The molecule has 0 saturated heterocycles. The molecule has 5 nitrogen and oxygen atoms in total. The highest BCUT2D eigenvalue weighted by Gasteiger charge is 2.21. The van der Waals surface area contributed by atoms with Crippen LogP contribution >= 0.6 is 0 Å². The first-order valence-corrected chi connectivity index (χ1v) is 6.02. The zero-order valence-corrected chi connectivity index (χ0v) is 9.95. The van der Waals surface area contributed by atoms with Crippen molar-refractivity contribution in [3.8, 4) is 5.69 Å². The summed E-state index contributed by atoms with van der Waals surface area (Å²) in [6, 6.07) is 10.4. The fraction of sp³-hybridized carbons (Fsp3) is 0.231. The molecule has 1 aliphatic carbocycles. The average Bonchev–Trinajstić information content (AvgIpc) is 3.11. The molecule has 1 aromatic carbocycles. The molecule has 2 aromatic rings. The van der Waals surface area contributed by atoms with Crippen molar-refractivity contribution >= 4 is 5.84 Å². The zero-order valence-electron chi connectivity index (χ0n) is 9.95. The molecule has 1 heterocycles. The Morgan fingerprint density at radius 2 is 2.11 bits per heavy atom. The minimum Gasteiger partial charge on any atom is -0.308 e. The predicted molar refractivity (Wildman–Crippen MR) is 70.4 cm³/mol. The van der Waals surface area contributed by atoms with Crippen LogP contribution < -0.4 is 11.3 Å².